The summed E-state index contributed by atoms with van der Waals surface area (Å²) < 4.78 is 27.0. The molecular weight excluding hydrogens is 290 g/mol. The van der Waals surface area contributed by atoms with E-state index in [2.05, 4.69) is 4.72 Å². The molecule has 2 rings (SSSR count). The van der Waals surface area contributed by atoms with Gasteiger partial charge in [-0.25, -0.2) is 13.1 Å². The van der Waals surface area contributed by atoms with Crippen molar-refractivity contribution in [3.05, 3.63) is 30.3 Å². The molecule has 0 radical (unpaired) electrons. The number of benzene rings is 1. The summed E-state index contributed by atoms with van der Waals surface area (Å²) in [7, 11) is -3.51. The maximum atomic E-state index is 12.2. The van der Waals surface area contributed by atoms with E-state index in [0.717, 1.165) is 0 Å². The van der Waals surface area contributed by atoms with Crippen molar-refractivity contribution in [2.45, 2.75) is 30.2 Å². The third kappa shape index (κ3) is 4.03. The summed E-state index contributed by atoms with van der Waals surface area (Å²) in [6, 6.07) is 9.87. The van der Waals surface area contributed by atoms with E-state index in [9.17, 15) is 13.2 Å². The van der Waals surface area contributed by atoms with Crippen molar-refractivity contribution in [3.63, 3.8) is 0 Å². The fourth-order valence-corrected chi connectivity index (χ4v) is 3.64. The fourth-order valence-electron chi connectivity index (χ4n) is 2.31. The molecule has 1 aromatic rings. The summed E-state index contributed by atoms with van der Waals surface area (Å²) in [4.78, 5) is 13.4. The SMILES string of the molecule is N#CCC(=O)N1CCC(NS(=O)(=O)c2ccccc2)CC1. The largest absolute Gasteiger partial charge is 0.342 e. The molecule has 1 fully saturated rings. The van der Waals surface area contributed by atoms with Crippen molar-refractivity contribution >= 4 is 15.9 Å². The monoisotopic (exact) mass is 307 g/mol. The first-order valence-electron chi connectivity index (χ1n) is 6.75. The van der Waals surface area contributed by atoms with Crippen LogP contribution in [0.15, 0.2) is 35.2 Å². The zero-order valence-electron chi connectivity index (χ0n) is 11.5. The molecule has 1 saturated heterocycles. The van der Waals surface area contributed by atoms with Gasteiger partial charge in [-0.3, -0.25) is 4.79 Å². The van der Waals surface area contributed by atoms with Gasteiger partial charge in [0.1, 0.15) is 6.42 Å². The molecule has 0 atom stereocenters. The molecule has 1 aromatic carbocycles. The quantitative estimate of drug-likeness (QED) is 0.893. The molecule has 1 heterocycles. The Morgan fingerprint density at radius 1 is 1.29 bits per heavy atom. The molecule has 0 spiro atoms. The van der Waals surface area contributed by atoms with Crippen molar-refractivity contribution in [1.29, 1.82) is 5.26 Å². The summed E-state index contributed by atoms with van der Waals surface area (Å²) in [5.74, 6) is -0.193. The summed E-state index contributed by atoms with van der Waals surface area (Å²) >= 11 is 0. The van der Waals surface area contributed by atoms with Gasteiger partial charge in [-0.2, -0.15) is 5.26 Å². The van der Waals surface area contributed by atoms with Crippen molar-refractivity contribution in [3.8, 4) is 6.07 Å². The predicted molar refractivity (Wildman–Crippen MR) is 76.6 cm³/mol. The number of amides is 1. The highest BCUT2D eigenvalue weighted by atomic mass is 32.2. The fraction of sp³-hybridized carbons (Fsp3) is 0.429. The molecule has 0 aliphatic carbocycles. The van der Waals surface area contributed by atoms with Crippen molar-refractivity contribution < 1.29 is 13.2 Å². The lowest BCUT2D eigenvalue weighted by Crippen LogP contribution is -2.46. The smallest absolute Gasteiger partial charge is 0.240 e. The number of nitrogens with one attached hydrogen (secondary N) is 1. The van der Waals surface area contributed by atoms with Gasteiger partial charge >= 0.3 is 0 Å². The molecule has 21 heavy (non-hydrogen) atoms. The average Bonchev–Trinajstić information content (AvgIpc) is 2.49. The van der Waals surface area contributed by atoms with Gasteiger partial charge in [-0.15, -0.1) is 0 Å². The summed E-state index contributed by atoms with van der Waals surface area (Å²) in [5.41, 5.74) is 0. The highest BCUT2D eigenvalue weighted by Crippen LogP contribution is 2.15. The Labute approximate surface area is 124 Å². The molecule has 0 saturated carbocycles. The van der Waals surface area contributed by atoms with Gasteiger partial charge in [-0.05, 0) is 25.0 Å². The van der Waals surface area contributed by atoms with E-state index in [1.54, 1.807) is 35.2 Å². The van der Waals surface area contributed by atoms with E-state index in [0.29, 0.717) is 25.9 Å². The molecular formula is C14H17N3O3S. The number of nitrogens with zero attached hydrogens (tertiary/aromatic N) is 2. The Bertz CT molecular complexity index is 629. The van der Waals surface area contributed by atoms with Gasteiger partial charge < -0.3 is 4.90 Å². The van der Waals surface area contributed by atoms with Crippen molar-refractivity contribution in [1.82, 2.24) is 9.62 Å². The highest BCUT2D eigenvalue weighted by Gasteiger charge is 2.26. The Hall–Kier alpha value is -1.91. The van der Waals surface area contributed by atoms with Crippen LogP contribution in [-0.2, 0) is 14.8 Å². The molecule has 6 nitrogen and oxygen atoms in total. The molecule has 0 bridgehead atoms. The number of piperidine rings is 1. The van der Waals surface area contributed by atoms with E-state index >= 15 is 0 Å². The second-order valence-corrected chi connectivity index (χ2v) is 6.64. The minimum absolute atomic E-state index is 0.125. The highest BCUT2D eigenvalue weighted by molar-refractivity contribution is 7.89. The second-order valence-electron chi connectivity index (χ2n) is 4.92. The van der Waals surface area contributed by atoms with Crippen LogP contribution in [0.3, 0.4) is 0 Å². The molecule has 1 N–H and O–H groups in total. The maximum absolute atomic E-state index is 12.2. The average molecular weight is 307 g/mol. The van der Waals surface area contributed by atoms with E-state index in [1.165, 1.54) is 0 Å². The standard InChI is InChI=1S/C14H17N3O3S/c15-9-6-14(18)17-10-7-12(8-11-17)16-21(19,20)13-4-2-1-3-5-13/h1-5,12,16H,6-8,10-11H2. The van der Waals surface area contributed by atoms with Crippen molar-refractivity contribution in [2.24, 2.45) is 0 Å². The van der Waals surface area contributed by atoms with E-state index < -0.39 is 10.0 Å². The first-order chi connectivity index (χ1) is 10.0. The lowest BCUT2D eigenvalue weighted by molar-refractivity contribution is -0.131. The van der Waals surface area contributed by atoms with E-state index in [4.69, 9.17) is 5.26 Å². The Balaban J connectivity index is 1.92. The molecule has 1 amide bonds. The Morgan fingerprint density at radius 2 is 1.90 bits per heavy atom. The van der Waals surface area contributed by atoms with Crippen LogP contribution in [0.1, 0.15) is 19.3 Å². The van der Waals surface area contributed by atoms with Crippen molar-refractivity contribution in [2.75, 3.05) is 13.1 Å². The van der Waals surface area contributed by atoms with Gasteiger partial charge in [0.15, 0.2) is 0 Å². The molecule has 112 valence electrons. The summed E-state index contributed by atoms with van der Waals surface area (Å²) in [5, 5.41) is 8.51. The van der Waals surface area contributed by atoms with Crippen LogP contribution in [0.2, 0.25) is 0 Å². The number of hydrogen-bond donors (Lipinski definition) is 1. The number of sulfonamides is 1. The van der Waals surface area contributed by atoms with E-state index in [-0.39, 0.29) is 23.3 Å². The minimum Gasteiger partial charge on any atom is -0.342 e. The maximum Gasteiger partial charge on any atom is 0.240 e. The van der Waals surface area contributed by atoms with Crippen LogP contribution in [0.5, 0.6) is 0 Å². The summed E-state index contributed by atoms with van der Waals surface area (Å²) in [6.07, 6.45) is 0.993. The first-order valence-corrected chi connectivity index (χ1v) is 8.23. The zero-order chi connectivity index (χ0) is 15.3. The third-order valence-corrected chi connectivity index (χ3v) is 4.99. The Kier molecular flexibility index (Phi) is 4.94. The van der Waals surface area contributed by atoms with Crippen LogP contribution < -0.4 is 4.72 Å². The second kappa shape index (κ2) is 6.70. The normalized spacial score (nSPS) is 16.4. The number of carbonyl (C=O) groups excluding carboxylic acids is 1. The predicted octanol–water partition coefficient (Wildman–Crippen LogP) is 0.870. The van der Waals surface area contributed by atoms with Crippen LogP contribution in [-0.4, -0.2) is 38.4 Å². The third-order valence-electron chi connectivity index (χ3n) is 3.45. The lowest BCUT2D eigenvalue weighted by atomic mass is 10.1. The van der Waals surface area contributed by atoms with Crippen LogP contribution in [0.25, 0.3) is 0 Å². The first kappa shape index (κ1) is 15.5. The minimum atomic E-state index is -3.51. The van der Waals surface area contributed by atoms with Gasteiger partial charge in [0.25, 0.3) is 0 Å². The van der Waals surface area contributed by atoms with Gasteiger partial charge in [0, 0.05) is 19.1 Å². The van der Waals surface area contributed by atoms with Crippen LogP contribution in [0.4, 0.5) is 0 Å². The summed E-state index contributed by atoms with van der Waals surface area (Å²) in [6.45, 7) is 0.949. The lowest BCUT2D eigenvalue weighted by Gasteiger charge is -2.31. The topological polar surface area (TPSA) is 90.3 Å². The number of rotatable bonds is 4. The molecule has 1 aliphatic rings. The van der Waals surface area contributed by atoms with E-state index in [1.807, 2.05) is 6.07 Å². The molecule has 0 unspecified atom stereocenters. The number of likely N-dealkylation sites (tertiary alicyclic amines) is 1. The van der Waals surface area contributed by atoms with Gasteiger partial charge in [-0.1, -0.05) is 18.2 Å². The van der Waals surface area contributed by atoms with Gasteiger partial charge in [0.2, 0.25) is 15.9 Å². The Morgan fingerprint density at radius 3 is 2.48 bits per heavy atom. The number of carbonyl (C=O) groups is 1. The van der Waals surface area contributed by atoms with Crippen LogP contribution >= 0.6 is 0 Å². The number of nitriles is 1. The molecule has 7 heteroatoms. The molecule has 1 aliphatic heterocycles. The van der Waals surface area contributed by atoms with Crippen LogP contribution in [0, 0.1) is 11.3 Å². The molecule has 0 aromatic heterocycles. The number of hydrogen-bond acceptors (Lipinski definition) is 4. The zero-order valence-corrected chi connectivity index (χ0v) is 12.3. The van der Waals surface area contributed by atoms with Gasteiger partial charge in [0.05, 0.1) is 11.0 Å².